The van der Waals surface area contributed by atoms with Crippen molar-refractivity contribution in [1.82, 2.24) is 14.5 Å². The molecule has 108 valence electrons. The van der Waals surface area contributed by atoms with E-state index in [1.165, 1.54) is 0 Å². The van der Waals surface area contributed by atoms with Crippen molar-refractivity contribution in [3.05, 3.63) is 11.4 Å². The fourth-order valence-corrected chi connectivity index (χ4v) is 5.00. The number of nitrogens with two attached hydrogens (primary N) is 1. The van der Waals surface area contributed by atoms with Gasteiger partial charge in [-0.3, -0.25) is 5.10 Å². The highest BCUT2D eigenvalue weighted by atomic mass is 32.2. The molecule has 0 bridgehead atoms. The van der Waals surface area contributed by atoms with Gasteiger partial charge in [0.1, 0.15) is 4.90 Å². The number of hydrogen-bond acceptors (Lipinski definition) is 4. The van der Waals surface area contributed by atoms with Crippen molar-refractivity contribution in [2.45, 2.75) is 44.6 Å². The fraction of sp³-hybridized carbons (Fsp3) is 0.750. The molecule has 2 atom stereocenters. The van der Waals surface area contributed by atoms with Gasteiger partial charge >= 0.3 is 0 Å². The van der Waals surface area contributed by atoms with Gasteiger partial charge in [-0.25, -0.2) is 8.42 Å². The first kappa shape index (κ1) is 14.5. The molecule has 2 unspecified atom stereocenters. The molecule has 1 saturated heterocycles. The molecule has 0 radical (unpaired) electrons. The topological polar surface area (TPSA) is 92.1 Å². The summed E-state index contributed by atoms with van der Waals surface area (Å²) in [5, 5.41) is 6.72. The van der Waals surface area contributed by atoms with E-state index in [1.54, 1.807) is 18.2 Å². The molecule has 0 aliphatic carbocycles. The minimum atomic E-state index is -3.51. The number of rotatable bonds is 3. The van der Waals surface area contributed by atoms with Crippen LogP contribution in [0, 0.1) is 19.8 Å². The van der Waals surface area contributed by atoms with Crippen LogP contribution in [0.4, 0.5) is 0 Å². The molecule has 7 heteroatoms. The van der Waals surface area contributed by atoms with Crippen LogP contribution in [-0.2, 0) is 10.0 Å². The number of sulfonamides is 1. The van der Waals surface area contributed by atoms with Gasteiger partial charge in [0.05, 0.1) is 11.4 Å². The first-order chi connectivity index (χ1) is 8.89. The molecule has 1 fully saturated rings. The number of nitrogens with one attached hydrogen (secondary N) is 1. The third-order valence-corrected chi connectivity index (χ3v) is 6.12. The van der Waals surface area contributed by atoms with E-state index in [-0.39, 0.29) is 6.04 Å². The number of nitrogens with zero attached hydrogens (tertiary/aromatic N) is 2. The van der Waals surface area contributed by atoms with Crippen LogP contribution in [0.1, 0.15) is 31.2 Å². The number of hydrogen-bond donors (Lipinski definition) is 2. The largest absolute Gasteiger partial charge is 0.329 e. The Bertz CT molecular complexity index is 533. The van der Waals surface area contributed by atoms with Crippen molar-refractivity contribution in [2.24, 2.45) is 11.7 Å². The zero-order valence-electron chi connectivity index (χ0n) is 11.7. The lowest BCUT2D eigenvalue weighted by molar-refractivity contribution is 0.192. The summed E-state index contributed by atoms with van der Waals surface area (Å²) in [6, 6.07) is -0.118. The second kappa shape index (κ2) is 5.22. The van der Waals surface area contributed by atoms with Crippen molar-refractivity contribution in [1.29, 1.82) is 0 Å². The average Bonchev–Trinajstić information content (AvgIpc) is 2.69. The summed E-state index contributed by atoms with van der Waals surface area (Å²) in [7, 11) is -3.51. The van der Waals surface area contributed by atoms with Gasteiger partial charge in [0, 0.05) is 19.1 Å². The van der Waals surface area contributed by atoms with Gasteiger partial charge < -0.3 is 5.73 Å². The fourth-order valence-electron chi connectivity index (χ4n) is 2.90. The van der Waals surface area contributed by atoms with E-state index in [2.05, 4.69) is 17.1 Å². The molecule has 2 rings (SSSR count). The molecular weight excluding hydrogens is 264 g/mol. The maximum Gasteiger partial charge on any atom is 0.247 e. The van der Waals surface area contributed by atoms with Gasteiger partial charge in [-0.1, -0.05) is 6.92 Å². The smallest absolute Gasteiger partial charge is 0.247 e. The minimum absolute atomic E-state index is 0.118. The van der Waals surface area contributed by atoms with E-state index in [0.29, 0.717) is 35.3 Å². The quantitative estimate of drug-likeness (QED) is 0.858. The molecule has 1 aromatic heterocycles. The Morgan fingerprint density at radius 1 is 1.47 bits per heavy atom. The summed E-state index contributed by atoms with van der Waals surface area (Å²) >= 11 is 0. The molecule has 1 aliphatic rings. The summed E-state index contributed by atoms with van der Waals surface area (Å²) in [5.74, 6) is 0.293. The van der Waals surface area contributed by atoms with Gasteiger partial charge in [0.2, 0.25) is 10.0 Å². The summed E-state index contributed by atoms with van der Waals surface area (Å²) < 4.78 is 27.2. The Morgan fingerprint density at radius 2 is 2.16 bits per heavy atom. The zero-order chi connectivity index (χ0) is 14.2. The Balaban J connectivity index is 2.44. The number of aromatic amines is 1. The molecule has 6 nitrogen and oxygen atoms in total. The highest BCUT2D eigenvalue weighted by Gasteiger charge is 2.38. The van der Waals surface area contributed by atoms with E-state index in [9.17, 15) is 8.42 Å². The average molecular weight is 286 g/mol. The molecule has 2 heterocycles. The third kappa shape index (κ3) is 2.42. The molecule has 3 N–H and O–H groups in total. The summed E-state index contributed by atoms with van der Waals surface area (Å²) in [6.45, 7) is 6.40. The molecule has 0 amide bonds. The van der Waals surface area contributed by atoms with Crippen LogP contribution >= 0.6 is 0 Å². The lowest BCUT2D eigenvalue weighted by atomic mass is 9.93. The summed E-state index contributed by atoms with van der Waals surface area (Å²) in [5.41, 5.74) is 6.89. The van der Waals surface area contributed by atoms with Crippen molar-refractivity contribution >= 4 is 10.0 Å². The molecule has 0 saturated carbocycles. The summed E-state index contributed by atoms with van der Waals surface area (Å²) in [6.07, 6.45) is 1.91. The zero-order valence-corrected chi connectivity index (χ0v) is 12.5. The van der Waals surface area contributed by atoms with Crippen LogP contribution in [0.2, 0.25) is 0 Å². The van der Waals surface area contributed by atoms with E-state index >= 15 is 0 Å². The van der Waals surface area contributed by atoms with Gasteiger partial charge in [-0.05, 0) is 32.6 Å². The first-order valence-electron chi connectivity index (χ1n) is 6.63. The third-order valence-electron chi connectivity index (χ3n) is 3.93. The van der Waals surface area contributed by atoms with Crippen LogP contribution in [0.15, 0.2) is 4.90 Å². The summed E-state index contributed by atoms with van der Waals surface area (Å²) in [4.78, 5) is 0.306. The van der Waals surface area contributed by atoms with E-state index in [4.69, 9.17) is 5.73 Å². The lowest BCUT2D eigenvalue weighted by Gasteiger charge is -2.38. The highest BCUT2D eigenvalue weighted by molar-refractivity contribution is 7.89. The monoisotopic (exact) mass is 286 g/mol. The number of H-pyrrole nitrogens is 1. The second-order valence-corrected chi connectivity index (χ2v) is 7.13. The van der Waals surface area contributed by atoms with Crippen molar-refractivity contribution in [2.75, 3.05) is 13.1 Å². The Hall–Kier alpha value is -0.920. The van der Waals surface area contributed by atoms with E-state index in [0.717, 1.165) is 12.8 Å². The van der Waals surface area contributed by atoms with Gasteiger partial charge in [0.15, 0.2) is 0 Å². The van der Waals surface area contributed by atoms with Crippen LogP contribution < -0.4 is 5.73 Å². The number of aromatic nitrogens is 2. The molecule has 1 aliphatic heterocycles. The number of aryl methyl sites for hydroxylation is 2. The molecule has 0 aromatic carbocycles. The lowest BCUT2D eigenvalue weighted by Crippen LogP contribution is -2.51. The predicted octanol–water partition coefficient (Wildman–Crippen LogP) is 0.774. The predicted molar refractivity (Wildman–Crippen MR) is 73.2 cm³/mol. The first-order valence-corrected chi connectivity index (χ1v) is 8.07. The maximum atomic E-state index is 12.8. The van der Waals surface area contributed by atoms with Gasteiger partial charge in [0.25, 0.3) is 0 Å². The normalized spacial score (nSPS) is 25.7. The SMILES string of the molecule is Cc1n[nH]c(C)c1S(=O)(=O)N1CCCC(C)C1CN. The van der Waals surface area contributed by atoms with Crippen molar-refractivity contribution in [3.63, 3.8) is 0 Å². The van der Waals surface area contributed by atoms with Gasteiger partial charge in [-0.2, -0.15) is 9.40 Å². The molecule has 0 spiro atoms. The molecular formula is C12H22N4O2S. The van der Waals surface area contributed by atoms with Crippen molar-refractivity contribution in [3.8, 4) is 0 Å². The minimum Gasteiger partial charge on any atom is -0.329 e. The Morgan fingerprint density at radius 3 is 2.68 bits per heavy atom. The van der Waals surface area contributed by atoms with Gasteiger partial charge in [-0.15, -0.1) is 0 Å². The highest BCUT2D eigenvalue weighted by Crippen LogP contribution is 2.30. The van der Waals surface area contributed by atoms with E-state index < -0.39 is 10.0 Å². The molecule has 1 aromatic rings. The van der Waals surface area contributed by atoms with Crippen LogP contribution in [0.25, 0.3) is 0 Å². The second-order valence-electron chi connectivity index (χ2n) is 5.30. The maximum absolute atomic E-state index is 12.8. The molecule has 19 heavy (non-hydrogen) atoms. The number of piperidine rings is 1. The van der Waals surface area contributed by atoms with E-state index in [1.807, 2.05) is 0 Å². The standard InChI is InChI=1S/C12H22N4O2S/c1-8-5-4-6-16(11(8)7-13)19(17,18)12-9(2)14-15-10(12)3/h8,11H,4-7,13H2,1-3H3,(H,14,15). The van der Waals surface area contributed by atoms with Crippen LogP contribution in [0.5, 0.6) is 0 Å². The Kier molecular flexibility index (Phi) is 3.98. The Labute approximate surface area is 114 Å². The van der Waals surface area contributed by atoms with Crippen LogP contribution in [0.3, 0.4) is 0 Å². The van der Waals surface area contributed by atoms with Crippen molar-refractivity contribution < 1.29 is 8.42 Å². The van der Waals surface area contributed by atoms with Crippen LogP contribution in [-0.4, -0.2) is 42.1 Å².